The monoisotopic (exact) mass is 321 g/mol. The fourth-order valence-corrected chi connectivity index (χ4v) is 2.33. The fourth-order valence-electron chi connectivity index (χ4n) is 2.33. The van der Waals surface area contributed by atoms with Crippen LogP contribution in [0.4, 0.5) is 5.82 Å². The number of hydrogen-bond acceptors (Lipinski definition) is 3. The lowest BCUT2D eigenvalue weighted by Crippen LogP contribution is -2.12. The SMILES string of the molecule is COc1ccc(C(=O)Nc2ccn(Cc3ccc(C)cc3)n2)cc1. The van der Waals surface area contributed by atoms with E-state index in [2.05, 4.69) is 41.6 Å². The molecule has 0 aliphatic heterocycles. The number of aryl methyl sites for hydroxylation is 1. The van der Waals surface area contributed by atoms with Crippen LogP contribution in [0.5, 0.6) is 5.75 Å². The number of carbonyl (C=O) groups is 1. The summed E-state index contributed by atoms with van der Waals surface area (Å²) in [5.41, 5.74) is 2.95. The lowest BCUT2D eigenvalue weighted by molar-refractivity contribution is 0.102. The number of ether oxygens (including phenoxy) is 1. The average molecular weight is 321 g/mol. The molecule has 5 nitrogen and oxygen atoms in total. The molecular formula is C19H19N3O2. The minimum absolute atomic E-state index is 0.196. The zero-order chi connectivity index (χ0) is 16.9. The summed E-state index contributed by atoms with van der Waals surface area (Å²) in [6, 6.07) is 17.0. The smallest absolute Gasteiger partial charge is 0.256 e. The summed E-state index contributed by atoms with van der Waals surface area (Å²) in [4.78, 5) is 12.2. The van der Waals surface area contributed by atoms with Crippen LogP contribution in [0.3, 0.4) is 0 Å². The van der Waals surface area contributed by atoms with Gasteiger partial charge in [-0.1, -0.05) is 29.8 Å². The molecule has 1 amide bonds. The van der Waals surface area contributed by atoms with Gasteiger partial charge in [0.1, 0.15) is 5.75 Å². The molecule has 0 unspecified atom stereocenters. The van der Waals surface area contributed by atoms with Gasteiger partial charge in [0, 0.05) is 17.8 Å². The molecule has 1 heterocycles. The van der Waals surface area contributed by atoms with Crippen molar-refractivity contribution in [3.8, 4) is 5.75 Å². The van der Waals surface area contributed by atoms with Crippen molar-refractivity contribution in [2.24, 2.45) is 0 Å². The highest BCUT2D eigenvalue weighted by Crippen LogP contribution is 2.13. The molecule has 0 atom stereocenters. The van der Waals surface area contributed by atoms with E-state index >= 15 is 0 Å². The number of nitrogens with zero attached hydrogens (tertiary/aromatic N) is 2. The average Bonchev–Trinajstić information content (AvgIpc) is 3.04. The number of nitrogens with one attached hydrogen (secondary N) is 1. The highest BCUT2D eigenvalue weighted by molar-refractivity contribution is 6.03. The summed E-state index contributed by atoms with van der Waals surface area (Å²) in [7, 11) is 1.59. The van der Waals surface area contributed by atoms with Crippen molar-refractivity contribution in [1.29, 1.82) is 0 Å². The molecule has 1 aromatic heterocycles. The number of amides is 1. The van der Waals surface area contributed by atoms with E-state index in [1.165, 1.54) is 5.56 Å². The van der Waals surface area contributed by atoms with Crippen LogP contribution in [0.15, 0.2) is 60.8 Å². The largest absolute Gasteiger partial charge is 0.497 e. The molecular weight excluding hydrogens is 302 g/mol. The van der Waals surface area contributed by atoms with E-state index in [9.17, 15) is 4.79 Å². The van der Waals surface area contributed by atoms with Gasteiger partial charge >= 0.3 is 0 Å². The summed E-state index contributed by atoms with van der Waals surface area (Å²) < 4.78 is 6.89. The molecule has 5 heteroatoms. The fraction of sp³-hybridized carbons (Fsp3) is 0.158. The van der Waals surface area contributed by atoms with Crippen LogP contribution < -0.4 is 10.1 Å². The van der Waals surface area contributed by atoms with Crippen molar-refractivity contribution in [2.45, 2.75) is 13.5 Å². The second-order valence-electron chi connectivity index (χ2n) is 5.57. The van der Waals surface area contributed by atoms with Crippen molar-refractivity contribution < 1.29 is 9.53 Å². The maximum absolute atomic E-state index is 12.2. The third-order valence-corrected chi connectivity index (χ3v) is 3.70. The summed E-state index contributed by atoms with van der Waals surface area (Å²) in [6.07, 6.45) is 1.85. The topological polar surface area (TPSA) is 56.1 Å². The minimum atomic E-state index is -0.196. The number of aromatic nitrogens is 2. The van der Waals surface area contributed by atoms with Crippen LogP contribution in [0.1, 0.15) is 21.5 Å². The zero-order valence-corrected chi connectivity index (χ0v) is 13.7. The standard InChI is InChI=1S/C19H19N3O2/c1-14-3-5-15(6-4-14)13-22-12-11-18(21-22)20-19(23)16-7-9-17(24-2)10-8-16/h3-12H,13H2,1-2H3,(H,20,21,23). The second-order valence-corrected chi connectivity index (χ2v) is 5.57. The van der Waals surface area contributed by atoms with E-state index in [1.807, 2.05) is 6.20 Å². The quantitative estimate of drug-likeness (QED) is 0.782. The van der Waals surface area contributed by atoms with Gasteiger partial charge in [0.05, 0.1) is 13.7 Å². The first-order valence-electron chi connectivity index (χ1n) is 7.68. The second kappa shape index (κ2) is 7.00. The van der Waals surface area contributed by atoms with Gasteiger partial charge in [-0.25, -0.2) is 0 Å². The molecule has 0 saturated heterocycles. The highest BCUT2D eigenvalue weighted by atomic mass is 16.5. The molecule has 3 aromatic rings. The van der Waals surface area contributed by atoms with Gasteiger partial charge in [0.25, 0.3) is 5.91 Å². The molecule has 24 heavy (non-hydrogen) atoms. The molecule has 0 aliphatic carbocycles. The number of benzene rings is 2. The number of methoxy groups -OCH3 is 1. The predicted octanol–water partition coefficient (Wildman–Crippen LogP) is 3.50. The van der Waals surface area contributed by atoms with Crippen LogP contribution in [0.2, 0.25) is 0 Å². The maximum atomic E-state index is 12.2. The van der Waals surface area contributed by atoms with E-state index in [0.717, 1.165) is 5.56 Å². The first-order chi connectivity index (χ1) is 11.6. The Kier molecular flexibility index (Phi) is 4.61. The number of anilines is 1. The van der Waals surface area contributed by atoms with E-state index in [1.54, 1.807) is 42.1 Å². The normalized spacial score (nSPS) is 10.4. The van der Waals surface area contributed by atoms with Crippen molar-refractivity contribution in [3.63, 3.8) is 0 Å². The Hall–Kier alpha value is -3.08. The van der Waals surface area contributed by atoms with Crippen LogP contribution in [-0.4, -0.2) is 22.8 Å². The Labute approximate surface area is 140 Å². The molecule has 0 radical (unpaired) electrons. The van der Waals surface area contributed by atoms with Crippen molar-refractivity contribution >= 4 is 11.7 Å². The van der Waals surface area contributed by atoms with Gasteiger partial charge in [-0.05, 0) is 36.8 Å². The lowest BCUT2D eigenvalue weighted by atomic mass is 10.1. The lowest BCUT2D eigenvalue weighted by Gasteiger charge is -2.04. The number of hydrogen-bond donors (Lipinski definition) is 1. The molecule has 0 saturated carbocycles. The Morgan fingerprint density at radius 3 is 2.46 bits per heavy atom. The van der Waals surface area contributed by atoms with Crippen LogP contribution >= 0.6 is 0 Å². The molecule has 0 fully saturated rings. The Morgan fingerprint density at radius 1 is 1.08 bits per heavy atom. The zero-order valence-electron chi connectivity index (χ0n) is 13.7. The van der Waals surface area contributed by atoms with Crippen molar-refractivity contribution in [1.82, 2.24) is 9.78 Å². The predicted molar refractivity (Wildman–Crippen MR) is 93.5 cm³/mol. The number of carbonyl (C=O) groups excluding carboxylic acids is 1. The van der Waals surface area contributed by atoms with E-state index in [4.69, 9.17) is 4.74 Å². The Balaban J connectivity index is 1.64. The van der Waals surface area contributed by atoms with Gasteiger partial charge in [-0.15, -0.1) is 0 Å². The summed E-state index contributed by atoms with van der Waals surface area (Å²) in [6.45, 7) is 2.73. The molecule has 3 rings (SSSR count). The van der Waals surface area contributed by atoms with Gasteiger partial charge in [-0.3, -0.25) is 9.48 Å². The maximum Gasteiger partial charge on any atom is 0.256 e. The molecule has 2 aromatic carbocycles. The first-order valence-corrected chi connectivity index (χ1v) is 7.68. The summed E-state index contributed by atoms with van der Waals surface area (Å²) >= 11 is 0. The van der Waals surface area contributed by atoms with E-state index < -0.39 is 0 Å². The third-order valence-electron chi connectivity index (χ3n) is 3.70. The number of rotatable bonds is 5. The molecule has 0 spiro atoms. The Morgan fingerprint density at radius 2 is 1.79 bits per heavy atom. The molecule has 122 valence electrons. The van der Waals surface area contributed by atoms with E-state index in [0.29, 0.717) is 23.7 Å². The van der Waals surface area contributed by atoms with Gasteiger partial charge in [0.2, 0.25) is 0 Å². The van der Waals surface area contributed by atoms with E-state index in [-0.39, 0.29) is 5.91 Å². The summed E-state index contributed by atoms with van der Waals surface area (Å²) in [5.74, 6) is 1.05. The molecule has 0 aliphatic rings. The van der Waals surface area contributed by atoms with Crippen LogP contribution in [0, 0.1) is 6.92 Å². The van der Waals surface area contributed by atoms with Gasteiger partial charge in [0.15, 0.2) is 5.82 Å². The first kappa shape index (κ1) is 15.8. The third kappa shape index (κ3) is 3.81. The van der Waals surface area contributed by atoms with Gasteiger partial charge < -0.3 is 10.1 Å². The van der Waals surface area contributed by atoms with Crippen LogP contribution in [0.25, 0.3) is 0 Å². The highest BCUT2D eigenvalue weighted by Gasteiger charge is 2.08. The minimum Gasteiger partial charge on any atom is -0.497 e. The molecule has 0 bridgehead atoms. The van der Waals surface area contributed by atoms with Crippen molar-refractivity contribution in [3.05, 3.63) is 77.5 Å². The van der Waals surface area contributed by atoms with Gasteiger partial charge in [-0.2, -0.15) is 5.10 Å². The summed E-state index contributed by atoms with van der Waals surface area (Å²) in [5, 5.41) is 7.19. The molecule has 1 N–H and O–H groups in total. The van der Waals surface area contributed by atoms with Crippen LogP contribution in [-0.2, 0) is 6.54 Å². The Bertz CT molecular complexity index is 821. The van der Waals surface area contributed by atoms with Crippen molar-refractivity contribution in [2.75, 3.05) is 12.4 Å².